The summed E-state index contributed by atoms with van der Waals surface area (Å²) in [6.45, 7) is -0.389. The van der Waals surface area contributed by atoms with E-state index in [9.17, 15) is 29.8 Å². The topological polar surface area (TPSA) is 154 Å². The summed E-state index contributed by atoms with van der Waals surface area (Å²) in [5.74, 6) is -0.414. The summed E-state index contributed by atoms with van der Waals surface area (Å²) in [7, 11) is 1.41. The van der Waals surface area contributed by atoms with Crippen LogP contribution in [0.15, 0.2) is 71.6 Å². The van der Waals surface area contributed by atoms with Crippen molar-refractivity contribution in [3.63, 3.8) is 0 Å². The van der Waals surface area contributed by atoms with Crippen LogP contribution in [-0.2, 0) is 9.59 Å². The van der Waals surface area contributed by atoms with Crippen molar-refractivity contribution in [1.29, 1.82) is 0 Å². The van der Waals surface area contributed by atoms with Crippen LogP contribution in [0.25, 0.3) is 6.08 Å². The van der Waals surface area contributed by atoms with E-state index in [-0.39, 0.29) is 33.7 Å². The normalized spacial score (nSPS) is 13.9. The highest BCUT2D eigenvalue weighted by Gasteiger charge is 2.34. The van der Waals surface area contributed by atoms with Crippen LogP contribution in [0.1, 0.15) is 5.56 Å². The van der Waals surface area contributed by atoms with Crippen LogP contribution in [0.3, 0.4) is 0 Å². The van der Waals surface area contributed by atoms with E-state index in [2.05, 4.69) is 5.32 Å². The average molecular weight is 567 g/mol. The minimum absolute atomic E-state index is 0.159. The SMILES string of the molecule is COc1cc(/C=C2/SC(=S)N(c3cccc([N+](=O)[O-])c3)C2=O)ccc1OCC(=O)Nc1cccc([N+](=O)[O-])c1. The standard InChI is InChI=1S/C25H18N4O8S2/c1-36-21-10-15(8-9-20(21)37-14-23(30)26-16-4-2-6-18(12-16)28(32)33)11-22-24(31)27(25(38)39-22)17-5-3-7-19(13-17)29(34)35/h2-13H,14H2,1H3,(H,26,30)/b22-11+. The van der Waals surface area contributed by atoms with E-state index in [4.69, 9.17) is 21.7 Å². The van der Waals surface area contributed by atoms with Gasteiger partial charge in [-0.05, 0) is 35.9 Å². The highest BCUT2D eigenvalue weighted by atomic mass is 32.2. The second-order valence-corrected chi connectivity index (χ2v) is 9.52. The van der Waals surface area contributed by atoms with Crippen LogP contribution >= 0.6 is 24.0 Å². The van der Waals surface area contributed by atoms with E-state index >= 15 is 0 Å². The lowest BCUT2D eigenvalue weighted by Crippen LogP contribution is -2.27. The maximum Gasteiger partial charge on any atom is 0.271 e. The zero-order valence-corrected chi connectivity index (χ0v) is 21.7. The molecule has 0 unspecified atom stereocenters. The Labute approximate surface area is 230 Å². The van der Waals surface area contributed by atoms with Gasteiger partial charge in [-0.25, -0.2) is 0 Å². The number of carbonyl (C=O) groups is 2. The molecule has 3 aromatic carbocycles. The van der Waals surface area contributed by atoms with Gasteiger partial charge in [-0.3, -0.25) is 34.7 Å². The molecular formula is C25H18N4O8S2. The summed E-state index contributed by atoms with van der Waals surface area (Å²) in [4.78, 5) is 47.8. The highest BCUT2D eigenvalue weighted by Crippen LogP contribution is 2.38. The number of benzene rings is 3. The van der Waals surface area contributed by atoms with Crippen molar-refractivity contribution in [2.45, 2.75) is 0 Å². The Hall–Kier alpha value is -4.82. The van der Waals surface area contributed by atoms with E-state index in [1.54, 1.807) is 30.3 Å². The predicted molar refractivity (Wildman–Crippen MR) is 149 cm³/mol. The van der Waals surface area contributed by atoms with Gasteiger partial charge < -0.3 is 14.8 Å². The van der Waals surface area contributed by atoms with Gasteiger partial charge >= 0.3 is 0 Å². The molecule has 1 aliphatic rings. The molecule has 198 valence electrons. The first-order valence-corrected chi connectivity index (χ1v) is 12.3. The third kappa shape index (κ3) is 6.37. The molecule has 1 aliphatic heterocycles. The van der Waals surface area contributed by atoms with Crippen LogP contribution in [0, 0.1) is 20.2 Å². The zero-order chi connectivity index (χ0) is 28.1. The molecule has 1 fully saturated rings. The van der Waals surface area contributed by atoms with Crippen molar-refractivity contribution in [3.05, 3.63) is 97.4 Å². The van der Waals surface area contributed by atoms with E-state index < -0.39 is 21.7 Å². The first-order valence-electron chi connectivity index (χ1n) is 11.0. The molecule has 14 heteroatoms. The first-order chi connectivity index (χ1) is 18.7. The van der Waals surface area contributed by atoms with E-state index in [0.29, 0.717) is 21.9 Å². The Morgan fingerprint density at radius 1 is 1.03 bits per heavy atom. The third-order valence-electron chi connectivity index (χ3n) is 5.28. The highest BCUT2D eigenvalue weighted by molar-refractivity contribution is 8.27. The number of thioether (sulfide) groups is 1. The van der Waals surface area contributed by atoms with Gasteiger partial charge in [0.05, 0.1) is 27.5 Å². The van der Waals surface area contributed by atoms with Crippen molar-refractivity contribution in [2.75, 3.05) is 23.9 Å². The van der Waals surface area contributed by atoms with Gasteiger partial charge in [0.15, 0.2) is 22.4 Å². The van der Waals surface area contributed by atoms with Crippen LogP contribution in [0.2, 0.25) is 0 Å². The Kier molecular flexibility index (Phi) is 8.17. The van der Waals surface area contributed by atoms with Crippen molar-refractivity contribution < 1.29 is 28.9 Å². The fourth-order valence-electron chi connectivity index (χ4n) is 3.52. The second kappa shape index (κ2) is 11.7. The summed E-state index contributed by atoms with van der Waals surface area (Å²) in [6.07, 6.45) is 1.60. The number of rotatable bonds is 9. The Bertz CT molecular complexity index is 1540. The molecule has 4 rings (SSSR count). The van der Waals surface area contributed by atoms with Gasteiger partial charge in [0, 0.05) is 30.0 Å². The molecule has 39 heavy (non-hydrogen) atoms. The summed E-state index contributed by atoms with van der Waals surface area (Å²) in [5, 5.41) is 24.5. The number of nitro benzene ring substituents is 2. The zero-order valence-electron chi connectivity index (χ0n) is 20.1. The fraction of sp³-hybridized carbons (Fsp3) is 0.0800. The number of methoxy groups -OCH3 is 1. The van der Waals surface area contributed by atoms with Crippen molar-refractivity contribution >= 4 is 68.9 Å². The second-order valence-electron chi connectivity index (χ2n) is 7.85. The Morgan fingerprint density at radius 3 is 2.41 bits per heavy atom. The van der Waals surface area contributed by atoms with Crippen molar-refractivity contribution in [3.8, 4) is 11.5 Å². The van der Waals surface area contributed by atoms with E-state index in [1.165, 1.54) is 54.5 Å². The number of ether oxygens (including phenoxy) is 2. The monoisotopic (exact) mass is 566 g/mol. The first kappa shape index (κ1) is 27.2. The van der Waals surface area contributed by atoms with Crippen LogP contribution < -0.4 is 19.7 Å². The number of nitro groups is 2. The summed E-state index contributed by atoms with van der Waals surface area (Å²) in [5.41, 5.74) is 0.805. The lowest BCUT2D eigenvalue weighted by Gasteiger charge is -2.14. The van der Waals surface area contributed by atoms with E-state index in [0.717, 1.165) is 11.8 Å². The molecular weight excluding hydrogens is 548 g/mol. The molecule has 3 aromatic rings. The minimum Gasteiger partial charge on any atom is -0.493 e. The number of hydrogen-bond donors (Lipinski definition) is 1. The van der Waals surface area contributed by atoms with Crippen molar-refractivity contribution in [1.82, 2.24) is 0 Å². The molecule has 0 atom stereocenters. The van der Waals surface area contributed by atoms with Crippen LogP contribution in [0.5, 0.6) is 11.5 Å². The predicted octanol–water partition coefficient (Wildman–Crippen LogP) is 4.93. The number of amides is 2. The number of anilines is 2. The molecule has 12 nitrogen and oxygen atoms in total. The van der Waals surface area contributed by atoms with Gasteiger partial charge in [-0.2, -0.15) is 0 Å². The van der Waals surface area contributed by atoms with Gasteiger partial charge in [0.2, 0.25) is 0 Å². The third-order valence-corrected chi connectivity index (χ3v) is 6.58. The molecule has 0 bridgehead atoms. The molecule has 0 aromatic heterocycles. The maximum atomic E-state index is 13.1. The number of thiocarbonyl (C=S) groups is 1. The van der Waals surface area contributed by atoms with Crippen LogP contribution in [-0.4, -0.2) is 39.7 Å². The summed E-state index contributed by atoms with van der Waals surface area (Å²) in [6, 6.07) is 16.0. The molecule has 1 N–H and O–H groups in total. The summed E-state index contributed by atoms with van der Waals surface area (Å²) < 4.78 is 11.2. The molecule has 1 saturated heterocycles. The van der Waals surface area contributed by atoms with E-state index in [1.807, 2.05) is 0 Å². The Morgan fingerprint density at radius 2 is 1.72 bits per heavy atom. The minimum atomic E-state index is -0.565. The molecule has 0 spiro atoms. The lowest BCUT2D eigenvalue weighted by atomic mass is 10.1. The number of carbonyl (C=O) groups excluding carboxylic acids is 2. The quantitative estimate of drug-likeness (QED) is 0.163. The van der Waals surface area contributed by atoms with Gasteiger partial charge in [-0.1, -0.05) is 42.2 Å². The average Bonchev–Trinajstić information content (AvgIpc) is 3.20. The fourth-order valence-corrected chi connectivity index (χ4v) is 4.82. The summed E-state index contributed by atoms with van der Waals surface area (Å²) >= 11 is 6.39. The maximum absolute atomic E-state index is 13.1. The smallest absolute Gasteiger partial charge is 0.271 e. The number of hydrogen-bond acceptors (Lipinski definition) is 10. The van der Waals surface area contributed by atoms with Gasteiger partial charge in [0.1, 0.15) is 0 Å². The number of nitrogens with one attached hydrogen (secondary N) is 1. The molecule has 0 saturated carbocycles. The largest absolute Gasteiger partial charge is 0.493 e. The molecule has 0 radical (unpaired) electrons. The number of nitrogens with zero attached hydrogens (tertiary/aromatic N) is 3. The van der Waals surface area contributed by atoms with Gasteiger partial charge in [-0.15, -0.1) is 0 Å². The molecule has 2 amide bonds. The van der Waals surface area contributed by atoms with Crippen LogP contribution in [0.4, 0.5) is 22.7 Å². The lowest BCUT2D eigenvalue weighted by molar-refractivity contribution is -0.385. The van der Waals surface area contributed by atoms with Crippen molar-refractivity contribution in [2.24, 2.45) is 0 Å². The van der Waals surface area contributed by atoms with Gasteiger partial charge in [0.25, 0.3) is 23.2 Å². The molecule has 1 heterocycles. The number of non-ortho nitro benzene ring substituents is 2. The molecule has 0 aliphatic carbocycles. The Balaban J connectivity index is 1.45.